The van der Waals surface area contributed by atoms with Gasteiger partial charge in [-0.15, -0.1) is 0 Å². The molecule has 0 heterocycles. The Morgan fingerprint density at radius 1 is 1.19 bits per heavy atom. The van der Waals surface area contributed by atoms with Crippen LogP contribution in [0, 0.1) is 5.82 Å². The highest BCUT2D eigenvalue weighted by Gasteiger charge is 2.22. The SMILES string of the molecule is CCN(CC)C(=O)CCN(c1ccccc1F)S(C)(=O)=O. The third-order valence-electron chi connectivity index (χ3n) is 3.17. The van der Waals surface area contributed by atoms with Gasteiger partial charge in [0, 0.05) is 26.1 Å². The number of hydrogen-bond donors (Lipinski definition) is 0. The Labute approximate surface area is 125 Å². The highest BCUT2D eigenvalue weighted by Crippen LogP contribution is 2.21. The molecule has 0 saturated heterocycles. The van der Waals surface area contributed by atoms with Crippen molar-refractivity contribution in [3.8, 4) is 0 Å². The van der Waals surface area contributed by atoms with Gasteiger partial charge in [0.05, 0.1) is 11.9 Å². The minimum atomic E-state index is -3.65. The van der Waals surface area contributed by atoms with Crippen molar-refractivity contribution in [1.29, 1.82) is 0 Å². The summed E-state index contributed by atoms with van der Waals surface area (Å²) < 4.78 is 38.4. The van der Waals surface area contributed by atoms with Crippen LogP contribution in [-0.2, 0) is 14.8 Å². The molecule has 0 atom stereocenters. The Balaban J connectivity index is 2.93. The van der Waals surface area contributed by atoms with Crippen molar-refractivity contribution in [2.24, 2.45) is 0 Å². The summed E-state index contributed by atoms with van der Waals surface area (Å²) in [7, 11) is -3.65. The number of rotatable bonds is 7. The predicted octanol–water partition coefficient (Wildman–Crippen LogP) is 1.85. The summed E-state index contributed by atoms with van der Waals surface area (Å²) in [6.45, 7) is 4.76. The molecule has 0 aromatic heterocycles. The first kappa shape index (κ1) is 17.4. The molecule has 0 N–H and O–H groups in total. The van der Waals surface area contributed by atoms with Crippen molar-refractivity contribution in [2.75, 3.05) is 30.2 Å². The standard InChI is InChI=1S/C14H21FN2O3S/c1-4-16(5-2)14(18)10-11-17(21(3,19)20)13-9-7-6-8-12(13)15/h6-9H,4-5,10-11H2,1-3H3. The van der Waals surface area contributed by atoms with Crippen LogP contribution >= 0.6 is 0 Å². The number of anilines is 1. The fourth-order valence-corrected chi connectivity index (χ4v) is 2.98. The van der Waals surface area contributed by atoms with Crippen LogP contribution < -0.4 is 4.31 Å². The van der Waals surface area contributed by atoms with Gasteiger partial charge >= 0.3 is 0 Å². The Kier molecular flexibility index (Phi) is 6.14. The minimum absolute atomic E-state index is 0.0169. The Morgan fingerprint density at radius 3 is 2.24 bits per heavy atom. The summed E-state index contributed by atoms with van der Waals surface area (Å²) in [5.74, 6) is -0.775. The van der Waals surface area contributed by atoms with Crippen LogP contribution in [0.15, 0.2) is 24.3 Å². The van der Waals surface area contributed by atoms with Crippen LogP contribution in [0.2, 0.25) is 0 Å². The first-order valence-electron chi connectivity index (χ1n) is 6.81. The lowest BCUT2D eigenvalue weighted by atomic mass is 10.3. The monoisotopic (exact) mass is 316 g/mol. The molecule has 0 fully saturated rings. The molecule has 0 unspecified atom stereocenters. The molecule has 1 aromatic rings. The lowest BCUT2D eigenvalue weighted by Gasteiger charge is -2.24. The summed E-state index contributed by atoms with van der Waals surface area (Å²) in [6, 6.07) is 5.63. The molecule has 0 spiro atoms. The lowest BCUT2D eigenvalue weighted by Crippen LogP contribution is -2.37. The molecule has 21 heavy (non-hydrogen) atoms. The van der Waals surface area contributed by atoms with Crippen molar-refractivity contribution in [3.63, 3.8) is 0 Å². The summed E-state index contributed by atoms with van der Waals surface area (Å²) in [6.07, 6.45) is 1.02. The molecule has 1 amide bonds. The van der Waals surface area contributed by atoms with Crippen molar-refractivity contribution in [2.45, 2.75) is 20.3 Å². The topological polar surface area (TPSA) is 57.7 Å². The van der Waals surface area contributed by atoms with Gasteiger partial charge in [-0.05, 0) is 26.0 Å². The molecule has 0 bridgehead atoms. The molecule has 118 valence electrons. The van der Waals surface area contributed by atoms with Crippen molar-refractivity contribution in [3.05, 3.63) is 30.1 Å². The molecule has 1 aromatic carbocycles. The van der Waals surface area contributed by atoms with Gasteiger partial charge in [-0.2, -0.15) is 0 Å². The molecule has 0 aliphatic carbocycles. The van der Waals surface area contributed by atoms with Gasteiger partial charge in [-0.1, -0.05) is 12.1 Å². The summed E-state index contributed by atoms with van der Waals surface area (Å²) in [4.78, 5) is 13.6. The predicted molar refractivity (Wildman–Crippen MR) is 81.1 cm³/mol. The summed E-state index contributed by atoms with van der Waals surface area (Å²) in [5.41, 5.74) is -0.0349. The molecule has 5 nitrogen and oxygen atoms in total. The highest BCUT2D eigenvalue weighted by molar-refractivity contribution is 7.92. The second kappa shape index (κ2) is 7.40. The largest absolute Gasteiger partial charge is 0.343 e. The lowest BCUT2D eigenvalue weighted by molar-refractivity contribution is -0.130. The van der Waals surface area contributed by atoms with E-state index in [4.69, 9.17) is 0 Å². The maximum Gasteiger partial charge on any atom is 0.232 e. The number of benzene rings is 1. The Bertz CT molecular complexity index is 586. The Morgan fingerprint density at radius 2 is 1.76 bits per heavy atom. The molecule has 0 aliphatic heterocycles. The van der Waals surface area contributed by atoms with Gasteiger partial charge in [0.15, 0.2) is 0 Å². The number of para-hydroxylation sites is 1. The van der Waals surface area contributed by atoms with Crippen LogP contribution in [0.5, 0.6) is 0 Å². The van der Waals surface area contributed by atoms with Gasteiger partial charge in [0.2, 0.25) is 15.9 Å². The van der Waals surface area contributed by atoms with Crippen LogP contribution in [-0.4, -0.2) is 45.1 Å². The average Bonchev–Trinajstić information content (AvgIpc) is 2.41. The maximum atomic E-state index is 13.8. The number of sulfonamides is 1. The fourth-order valence-electron chi connectivity index (χ4n) is 2.05. The van der Waals surface area contributed by atoms with E-state index >= 15 is 0 Å². The first-order chi connectivity index (χ1) is 9.81. The van der Waals surface area contributed by atoms with Crippen LogP contribution in [0.3, 0.4) is 0 Å². The smallest absolute Gasteiger partial charge is 0.232 e. The zero-order valence-electron chi connectivity index (χ0n) is 12.5. The zero-order valence-corrected chi connectivity index (χ0v) is 13.4. The van der Waals surface area contributed by atoms with E-state index in [1.807, 2.05) is 13.8 Å². The molecule has 0 saturated carbocycles. The molecule has 7 heteroatoms. The van der Waals surface area contributed by atoms with Crippen LogP contribution in [0.25, 0.3) is 0 Å². The molecular weight excluding hydrogens is 295 g/mol. The number of amides is 1. The third kappa shape index (κ3) is 4.70. The van der Waals surface area contributed by atoms with E-state index in [9.17, 15) is 17.6 Å². The normalized spacial score (nSPS) is 11.2. The summed E-state index contributed by atoms with van der Waals surface area (Å²) in [5, 5.41) is 0. The second-order valence-corrected chi connectivity index (χ2v) is 6.51. The summed E-state index contributed by atoms with van der Waals surface area (Å²) >= 11 is 0. The number of hydrogen-bond acceptors (Lipinski definition) is 3. The van der Waals surface area contributed by atoms with Gasteiger partial charge in [0.25, 0.3) is 0 Å². The van der Waals surface area contributed by atoms with E-state index in [0.717, 1.165) is 10.6 Å². The van der Waals surface area contributed by atoms with E-state index in [1.165, 1.54) is 18.2 Å². The number of nitrogens with zero attached hydrogens (tertiary/aromatic N) is 2. The van der Waals surface area contributed by atoms with Gasteiger partial charge < -0.3 is 4.90 Å². The minimum Gasteiger partial charge on any atom is -0.343 e. The van der Waals surface area contributed by atoms with E-state index in [-0.39, 0.29) is 24.6 Å². The van der Waals surface area contributed by atoms with Crippen molar-refractivity contribution >= 4 is 21.6 Å². The van der Waals surface area contributed by atoms with Gasteiger partial charge in [-0.3, -0.25) is 9.10 Å². The molecule has 1 rings (SSSR count). The molecular formula is C14H21FN2O3S. The van der Waals surface area contributed by atoms with Crippen molar-refractivity contribution < 1.29 is 17.6 Å². The van der Waals surface area contributed by atoms with E-state index in [0.29, 0.717) is 13.1 Å². The van der Waals surface area contributed by atoms with Crippen LogP contribution in [0.1, 0.15) is 20.3 Å². The highest BCUT2D eigenvalue weighted by atomic mass is 32.2. The van der Waals surface area contributed by atoms with Crippen LogP contribution in [0.4, 0.5) is 10.1 Å². The van der Waals surface area contributed by atoms with E-state index < -0.39 is 15.8 Å². The van der Waals surface area contributed by atoms with Gasteiger partial charge in [0.1, 0.15) is 5.82 Å². The quantitative estimate of drug-likeness (QED) is 0.771. The average molecular weight is 316 g/mol. The fraction of sp³-hybridized carbons (Fsp3) is 0.500. The number of carbonyl (C=O) groups is 1. The number of carbonyl (C=O) groups excluding carboxylic acids is 1. The van der Waals surface area contributed by atoms with Crippen molar-refractivity contribution in [1.82, 2.24) is 4.90 Å². The third-order valence-corrected chi connectivity index (χ3v) is 4.35. The molecule has 0 aliphatic rings. The van der Waals surface area contributed by atoms with E-state index in [2.05, 4.69) is 0 Å². The molecule has 0 radical (unpaired) electrons. The first-order valence-corrected chi connectivity index (χ1v) is 8.66. The zero-order chi connectivity index (χ0) is 16.0. The maximum absolute atomic E-state index is 13.8. The number of halogens is 1. The second-order valence-electron chi connectivity index (χ2n) is 4.60. The van der Waals surface area contributed by atoms with E-state index in [1.54, 1.807) is 11.0 Å². The Hall–Kier alpha value is -1.63. The van der Waals surface area contributed by atoms with Gasteiger partial charge in [-0.25, -0.2) is 12.8 Å².